The van der Waals surface area contributed by atoms with Crippen LogP contribution in [0.2, 0.25) is 0 Å². The molecule has 0 bridgehead atoms. The fraction of sp³-hybridized carbons (Fsp3) is 0.235. The maximum absolute atomic E-state index is 14.0. The number of halogens is 1. The van der Waals surface area contributed by atoms with E-state index >= 15 is 0 Å². The topological polar surface area (TPSA) is 61.2 Å². The zero-order valence-corrected chi connectivity index (χ0v) is 13.3. The summed E-state index contributed by atoms with van der Waals surface area (Å²) in [6, 6.07) is 12.9. The van der Waals surface area contributed by atoms with Gasteiger partial charge in [0.05, 0.1) is 28.3 Å². The summed E-state index contributed by atoms with van der Waals surface area (Å²) in [4.78, 5) is 2.19. The Balaban J connectivity index is 1.88. The lowest BCUT2D eigenvalue weighted by atomic mass is 10.1. The second kappa shape index (κ2) is 5.76. The molecule has 0 aromatic heterocycles. The monoisotopic (exact) mass is 330 g/mol. The highest BCUT2D eigenvalue weighted by molar-refractivity contribution is 7.91. The Morgan fingerprint density at radius 1 is 1.30 bits per heavy atom. The second-order valence-electron chi connectivity index (χ2n) is 5.67. The van der Waals surface area contributed by atoms with Crippen LogP contribution in [0, 0.1) is 17.1 Å². The molecule has 0 N–H and O–H groups in total. The van der Waals surface area contributed by atoms with Gasteiger partial charge in [-0.1, -0.05) is 24.3 Å². The summed E-state index contributed by atoms with van der Waals surface area (Å²) in [6.45, 7) is 0.270. The molecule has 0 aliphatic carbocycles. The highest BCUT2D eigenvalue weighted by Gasteiger charge is 2.36. The van der Waals surface area contributed by atoms with Gasteiger partial charge in [-0.05, 0) is 30.8 Å². The normalized spacial score (nSPS) is 18.6. The summed E-state index contributed by atoms with van der Waals surface area (Å²) in [5.41, 5.74) is 1.46. The number of hydrogen-bond acceptors (Lipinski definition) is 4. The number of sulfone groups is 1. The molecule has 118 valence electrons. The fourth-order valence-electron chi connectivity index (χ4n) is 2.92. The lowest BCUT2D eigenvalue weighted by Crippen LogP contribution is -2.26. The van der Waals surface area contributed by atoms with Crippen molar-refractivity contribution in [3.63, 3.8) is 0 Å². The van der Waals surface area contributed by atoms with Crippen LogP contribution in [0.5, 0.6) is 0 Å². The second-order valence-corrected chi connectivity index (χ2v) is 7.67. The SMILES string of the molecule is CN(Cc1ccc(C#N)cc1F)[C@H]1CS(=O)(=O)c2ccccc21. The average molecular weight is 330 g/mol. The minimum Gasteiger partial charge on any atom is -0.294 e. The van der Waals surface area contributed by atoms with Crippen LogP contribution in [0.3, 0.4) is 0 Å². The summed E-state index contributed by atoms with van der Waals surface area (Å²) < 4.78 is 38.5. The fourth-order valence-corrected chi connectivity index (χ4v) is 4.79. The number of nitriles is 1. The van der Waals surface area contributed by atoms with Crippen molar-refractivity contribution in [2.75, 3.05) is 12.8 Å². The quantitative estimate of drug-likeness (QED) is 0.868. The van der Waals surface area contributed by atoms with E-state index in [2.05, 4.69) is 0 Å². The molecule has 3 rings (SSSR count). The van der Waals surface area contributed by atoms with Gasteiger partial charge in [0.2, 0.25) is 0 Å². The van der Waals surface area contributed by atoms with E-state index in [1.807, 2.05) is 17.0 Å². The number of nitrogens with zero attached hydrogens (tertiary/aromatic N) is 2. The Morgan fingerprint density at radius 3 is 2.74 bits per heavy atom. The lowest BCUT2D eigenvalue weighted by molar-refractivity contribution is 0.253. The van der Waals surface area contributed by atoms with Crippen molar-refractivity contribution < 1.29 is 12.8 Å². The third-order valence-electron chi connectivity index (χ3n) is 4.12. The molecule has 1 atom stereocenters. The summed E-state index contributed by atoms with van der Waals surface area (Å²) in [6.07, 6.45) is 0. The minimum atomic E-state index is -3.29. The molecule has 0 saturated carbocycles. The van der Waals surface area contributed by atoms with Gasteiger partial charge in [-0.25, -0.2) is 12.8 Å². The van der Waals surface area contributed by atoms with Crippen molar-refractivity contribution in [1.29, 1.82) is 5.26 Å². The highest BCUT2D eigenvalue weighted by Crippen LogP contribution is 2.37. The van der Waals surface area contributed by atoms with Gasteiger partial charge in [0.1, 0.15) is 5.82 Å². The molecule has 0 spiro atoms. The van der Waals surface area contributed by atoms with Crippen LogP contribution in [-0.2, 0) is 16.4 Å². The minimum absolute atomic E-state index is 0.000739. The van der Waals surface area contributed by atoms with Crippen molar-refractivity contribution in [2.45, 2.75) is 17.5 Å². The summed E-state index contributed by atoms with van der Waals surface area (Å²) in [7, 11) is -1.51. The zero-order chi connectivity index (χ0) is 16.6. The van der Waals surface area contributed by atoms with E-state index in [-0.39, 0.29) is 23.9 Å². The van der Waals surface area contributed by atoms with E-state index in [0.717, 1.165) is 5.56 Å². The molecule has 23 heavy (non-hydrogen) atoms. The Morgan fingerprint density at radius 2 is 2.04 bits per heavy atom. The highest BCUT2D eigenvalue weighted by atomic mass is 32.2. The first-order valence-corrected chi connectivity index (χ1v) is 8.78. The maximum atomic E-state index is 14.0. The predicted octanol–water partition coefficient (Wildman–Crippen LogP) is 2.66. The molecule has 4 nitrogen and oxygen atoms in total. The van der Waals surface area contributed by atoms with Crippen LogP contribution < -0.4 is 0 Å². The van der Waals surface area contributed by atoms with Crippen molar-refractivity contribution in [3.8, 4) is 6.07 Å². The molecule has 2 aromatic rings. The van der Waals surface area contributed by atoms with Gasteiger partial charge in [0.25, 0.3) is 0 Å². The van der Waals surface area contributed by atoms with Crippen molar-refractivity contribution in [1.82, 2.24) is 4.90 Å². The molecular formula is C17H15FN2O2S. The molecule has 0 unspecified atom stereocenters. The molecule has 1 aliphatic rings. The van der Waals surface area contributed by atoms with E-state index < -0.39 is 15.7 Å². The molecule has 0 radical (unpaired) electrons. The number of fused-ring (bicyclic) bond motifs is 1. The van der Waals surface area contributed by atoms with Gasteiger partial charge in [-0.2, -0.15) is 5.26 Å². The van der Waals surface area contributed by atoms with E-state index in [4.69, 9.17) is 5.26 Å². The van der Waals surface area contributed by atoms with Gasteiger partial charge in [-0.3, -0.25) is 4.90 Å². The van der Waals surface area contributed by atoms with Crippen molar-refractivity contribution in [2.24, 2.45) is 0 Å². The van der Waals surface area contributed by atoms with Gasteiger partial charge in [-0.15, -0.1) is 0 Å². The zero-order valence-electron chi connectivity index (χ0n) is 12.5. The third-order valence-corrected chi connectivity index (χ3v) is 5.92. The van der Waals surface area contributed by atoms with Gasteiger partial charge in [0.15, 0.2) is 9.84 Å². The number of rotatable bonds is 3. The Hall–Kier alpha value is -2.23. The lowest BCUT2D eigenvalue weighted by Gasteiger charge is -2.24. The molecule has 1 aliphatic heterocycles. The molecule has 0 saturated heterocycles. The Bertz CT molecular complexity index is 903. The molecule has 6 heteroatoms. The number of benzene rings is 2. The van der Waals surface area contributed by atoms with Crippen LogP contribution in [-0.4, -0.2) is 26.1 Å². The van der Waals surface area contributed by atoms with Gasteiger partial charge < -0.3 is 0 Å². The third kappa shape index (κ3) is 2.85. The van der Waals surface area contributed by atoms with E-state index in [1.165, 1.54) is 6.07 Å². The van der Waals surface area contributed by atoms with Crippen LogP contribution in [0.25, 0.3) is 0 Å². The Labute approximate surface area is 134 Å². The van der Waals surface area contributed by atoms with E-state index in [9.17, 15) is 12.8 Å². The van der Waals surface area contributed by atoms with Crippen LogP contribution in [0.15, 0.2) is 47.4 Å². The first-order valence-electron chi connectivity index (χ1n) is 7.13. The molecular weight excluding hydrogens is 315 g/mol. The van der Waals surface area contributed by atoms with Gasteiger partial charge >= 0.3 is 0 Å². The average Bonchev–Trinajstić information content (AvgIpc) is 2.81. The molecule has 2 aromatic carbocycles. The van der Waals surface area contributed by atoms with Crippen molar-refractivity contribution in [3.05, 3.63) is 65.0 Å². The molecule has 1 heterocycles. The standard InChI is InChI=1S/C17H15FN2O2S/c1-20(10-13-7-6-12(9-19)8-15(13)18)16-11-23(21,22)17-5-3-2-4-14(16)17/h2-8,16H,10-11H2,1H3/t16-/m0/s1. The van der Waals surface area contributed by atoms with E-state index in [1.54, 1.807) is 37.4 Å². The number of hydrogen-bond donors (Lipinski definition) is 0. The van der Waals surface area contributed by atoms with Crippen molar-refractivity contribution >= 4 is 9.84 Å². The smallest absolute Gasteiger partial charge is 0.180 e. The van der Waals surface area contributed by atoms with Crippen LogP contribution in [0.1, 0.15) is 22.7 Å². The summed E-state index contributed by atoms with van der Waals surface area (Å²) in [5.74, 6) is -0.453. The molecule has 0 amide bonds. The summed E-state index contributed by atoms with van der Waals surface area (Å²) >= 11 is 0. The Kier molecular flexibility index (Phi) is 3.92. The van der Waals surface area contributed by atoms with Gasteiger partial charge in [0, 0.05) is 12.1 Å². The maximum Gasteiger partial charge on any atom is 0.180 e. The van der Waals surface area contributed by atoms with Crippen LogP contribution >= 0.6 is 0 Å². The molecule has 0 fully saturated rings. The largest absolute Gasteiger partial charge is 0.294 e. The first kappa shape index (κ1) is 15.7. The predicted molar refractivity (Wildman–Crippen MR) is 83.8 cm³/mol. The first-order chi connectivity index (χ1) is 10.9. The summed E-state index contributed by atoms with van der Waals surface area (Å²) in [5, 5.41) is 8.78. The van der Waals surface area contributed by atoms with Crippen LogP contribution in [0.4, 0.5) is 4.39 Å². The van der Waals surface area contributed by atoms with E-state index in [0.29, 0.717) is 10.5 Å².